The zero-order valence-electron chi connectivity index (χ0n) is 47.0. The van der Waals surface area contributed by atoms with Gasteiger partial charge < -0.3 is 33.7 Å². The lowest BCUT2D eigenvalue weighted by Crippen LogP contribution is -2.68. The first-order valence-electron chi connectivity index (χ1n) is 27.3. The van der Waals surface area contributed by atoms with Crippen molar-refractivity contribution in [1.82, 2.24) is 15.1 Å². The summed E-state index contributed by atoms with van der Waals surface area (Å²) >= 11 is 18.5. The molecule has 0 unspecified atom stereocenters. The van der Waals surface area contributed by atoms with Crippen molar-refractivity contribution in [3.63, 3.8) is 0 Å². The van der Waals surface area contributed by atoms with Gasteiger partial charge in [0.2, 0.25) is 0 Å². The van der Waals surface area contributed by atoms with Crippen LogP contribution in [0.15, 0.2) is 78.9 Å². The third kappa shape index (κ3) is 18.5. The molecule has 1 aliphatic heterocycles. The molecule has 5 atom stereocenters. The van der Waals surface area contributed by atoms with Gasteiger partial charge in [-0.15, -0.1) is 0 Å². The highest BCUT2D eigenvalue weighted by Gasteiger charge is 2.55. The van der Waals surface area contributed by atoms with Gasteiger partial charge in [-0.2, -0.15) is 0 Å². The summed E-state index contributed by atoms with van der Waals surface area (Å²) in [6.45, 7) is 13.4. The molecule has 2 aliphatic rings. The molecule has 23 heteroatoms. The summed E-state index contributed by atoms with van der Waals surface area (Å²) in [5.41, 5.74) is 3.09. The zero-order valence-corrected chi connectivity index (χ0v) is 50.2. The molecule has 1 aliphatic carbocycles. The van der Waals surface area contributed by atoms with Gasteiger partial charge in [0, 0.05) is 18.0 Å². The number of amides is 3. The van der Waals surface area contributed by atoms with Crippen LogP contribution in [0.3, 0.4) is 0 Å². The molecule has 3 aromatic rings. The predicted octanol–water partition coefficient (Wildman–Crippen LogP) is 11.9. The van der Waals surface area contributed by atoms with Crippen molar-refractivity contribution in [2.75, 3.05) is 39.5 Å². The van der Waals surface area contributed by atoms with Crippen molar-refractivity contribution in [3.05, 3.63) is 95.6 Å². The number of alkyl halides is 3. The Bertz CT molecular complexity index is 2520. The van der Waals surface area contributed by atoms with E-state index in [-0.39, 0.29) is 31.3 Å². The lowest BCUT2D eigenvalue weighted by atomic mass is 9.96. The number of unbranched alkanes of at least 4 members (excludes halogenated alkanes) is 2. The molecule has 442 valence electrons. The van der Waals surface area contributed by atoms with Crippen LogP contribution in [0.25, 0.3) is 11.1 Å². The Balaban J connectivity index is 1.62. The first-order chi connectivity index (χ1) is 38.0. The number of carbonyl (C=O) groups excluding carboxylic acids is 6. The summed E-state index contributed by atoms with van der Waals surface area (Å²) in [6, 6.07) is 20.5. The average Bonchev–Trinajstić information content (AvgIpc) is 3.84. The molecule has 0 bridgehead atoms. The smallest absolute Gasteiger partial charge is 0.459 e. The monoisotopic (exact) mass is 1200 g/mol. The second-order valence-corrected chi connectivity index (χ2v) is 24.2. The van der Waals surface area contributed by atoms with Crippen molar-refractivity contribution < 1.29 is 75.3 Å². The molecule has 1 saturated heterocycles. The van der Waals surface area contributed by atoms with Crippen LogP contribution in [0.1, 0.15) is 141 Å². The van der Waals surface area contributed by atoms with E-state index in [1.54, 1.807) is 39.0 Å². The molecule has 1 heterocycles. The Morgan fingerprint density at radius 1 is 0.650 bits per heavy atom. The molecule has 1 N–H and O–H groups in total. The summed E-state index contributed by atoms with van der Waals surface area (Å²) in [7, 11) is -4.72. The fraction of sp³-hybridized carbons (Fsp3) is 0.579. The molecular formula is C57H77Cl3N3O16P. The number of phosphoric ester groups is 1. The SMILES string of the molecule is CCCCOP(=O)(OCCCC)O[C@@H]1O[C@H](COC(=O)c2ccccc2)[C@@H](OC(=O)CN(C(=O)OCC2c3ccccc3-c3ccccc32)C(CC)CC)[C@H](OC(=O)CN(C(=O)OC(C)(C)C)C(CC)CC)[C@H]1NC(=O)C(Cl)(Cl)Cl. The number of phosphoric acid groups is 1. The van der Waals surface area contributed by atoms with E-state index in [0.29, 0.717) is 51.4 Å². The van der Waals surface area contributed by atoms with Gasteiger partial charge in [0.25, 0.3) is 9.70 Å². The van der Waals surface area contributed by atoms with E-state index in [2.05, 4.69) is 5.32 Å². The second-order valence-electron chi connectivity index (χ2n) is 20.3. The van der Waals surface area contributed by atoms with Gasteiger partial charge in [0.15, 0.2) is 18.5 Å². The van der Waals surface area contributed by atoms with Gasteiger partial charge in [-0.05, 0) is 93.7 Å². The molecule has 5 rings (SSSR count). The second kappa shape index (κ2) is 30.9. The third-order valence-corrected chi connectivity index (χ3v) is 15.4. The van der Waals surface area contributed by atoms with Gasteiger partial charge in [0.05, 0.1) is 18.8 Å². The number of esters is 3. The number of halogens is 3. The van der Waals surface area contributed by atoms with Crippen LogP contribution in [-0.4, -0.2) is 137 Å². The maximum atomic E-state index is 14.8. The van der Waals surface area contributed by atoms with Crippen LogP contribution < -0.4 is 5.32 Å². The van der Waals surface area contributed by atoms with Crippen molar-refractivity contribution in [1.29, 1.82) is 0 Å². The van der Waals surface area contributed by atoms with Gasteiger partial charge in [-0.25, -0.2) is 18.9 Å². The number of hydrogen-bond donors (Lipinski definition) is 1. The van der Waals surface area contributed by atoms with Crippen LogP contribution in [0.4, 0.5) is 9.59 Å². The maximum Gasteiger partial charge on any atom is 0.477 e. The Morgan fingerprint density at radius 2 is 1.14 bits per heavy atom. The Hall–Kier alpha value is -4.98. The predicted molar refractivity (Wildman–Crippen MR) is 301 cm³/mol. The molecule has 0 radical (unpaired) electrons. The lowest BCUT2D eigenvalue weighted by molar-refractivity contribution is -0.260. The maximum absolute atomic E-state index is 14.8. The van der Waals surface area contributed by atoms with Crippen molar-refractivity contribution in [3.8, 4) is 11.1 Å². The molecule has 19 nitrogen and oxygen atoms in total. The lowest BCUT2D eigenvalue weighted by Gasteiger charge is -2.46. The first-order valence-corrected chi connectivity index (χ1v) is 29.9. The number of hydrogen-bond acceptors (Lipinski definition) is 16. The third-order valence-electron chi connectivity index (χ3n) is 13.4. The summed E-state index contributed by atoms with van der Waals surface area (Å²) < 4.78 is 66.2. The van der Waals surface area contributed by atoms with E-state index in [9.17, 15) is 33.3 Å². The van der Waals surface area contributed by atoms with E-state index < -0.39 is 116 Å². The zero-order chi connectivity index (χ0) is 58.8. The van der Waals surface area contributed by atoms with Crippen molar-refractivity contribution in [2.45, 2.75) is 172 Å². The topological polar surface area (TPSA) is 221 Å². The van der Waals surface area contributed by atoms with Gasteiger partial charge in [-0.3, -0.25) is 37.8 Å². The minimum atomic E-state index is -4.72. The molecule has 0 aromatic heterocycles. The van der Waals surface area contributed by atoms with Crippen LogP contribution in [0.5, 0.6) is 0 Å². The number of nitrogens with zero attached hydrogens (tertiary/aromatic N) is 2. The van der Waals surface area contributed by atoms with Crippen LogP contribution in [-0.2, 0) is 60.9 Å². The van der Waals surface area contributed by atoms with E-state index in [1.807, 2.05) is 90.1 Å². The standard InChI is InChI=1S/C57H77Cl3N3O16P/c1-10-16-31-73-80(70,74-32-17-11-2)79-52-48(61-53(67)57(58,59)60)50(77-47(65)34-63(39(14-5)15-6)55(69)78-56(7,8)9)49(45(75-52)36-71-51(66)37-25-19-18-20-26-37)76-46(64)33-62(38(12-3)13-4)54(68)72-35-44-42-29-23-21-27-40(42)41-28-22-24-30-43(41)44/h18-30,38-39,44-45,48-50,52H,10-17,31-36H2,1-9H3,(H,61,67)/t45-,48-,49-,50-,52+/m1/s1. The molecule has 3 amide bonds. The summed E-state index contributed by atoms with van der Waals surface area (Å²) in [6.07, 6.45) is -5.78. The molecule has 0 spiro atoms. The Kier molecular flexibility index (Phi) is 25.4. The van der Waals surface area contributed by atoms with Crippen LogP contribution in [0, 0.1) is 0 Å². The Labute approximate surface area is 484 Å². The molecule has 0 saturated carbocycles. The number of carbonyl (C=O) groups is 6. The fourth-order valence-corrected chi connectivity index (χ4v) is 10.8. The largest absolute Gasteiger partial charge is 0.477 e. The molecule has 3 aromatic carbocycles. The van der Waals surface area contributed by atoms with E-state index >= 15 is 0 Å². The van der Waals surface area contributed by atoms with Crippen molar-refractivity contribution >= 4 is 78.6 Å². The summed E-state index contributed by atoms with van der Waals surface area (Å²) in [4.78, 5) is 87.8. The van der Waals surface area contributed by atoms with Gasteiger partial charge in [0.1, 0.15) is 44.1 Å². The minimum absolute atomic E-state index is 0.0702. The van der Waals surface area contributed by atoms with Gasteiger partial charge >= 0.3 is 37.9 Å². The quantitative estimate of drug-likeness (QED) is 0.0235. The number of ether oxygens (including phenoxy) is 6. The highest BCUT2D eigenvalue weighted by atomic mass is 35.6. The fourth-order valence-electron chi connectivity index (χ4n) is 9.28. The number of nitrogens with one attached hydrogen (secondary N) is 1. The summed E-state index contributed by atoms with van der Waals surface area (Å²) in [5, 5.41) is 2.46. The molecule has 80 heavy (non-hydrogen) atoms. The van der Waals surface area contributed by atoms with Crippen LogP contribution in [0.2, 0.25) is 0 Å². The molecular weight excluding hydrogens is 1120 g/mol. The first kappa shape index (κ1) is 65.8. The minimum Gasteiger partial charge on any atom is -0.459 e. The van der Waals surface area contributed by atoms with Crippen LogP contribution >= 0.6 is 42.6 Å². The van der Waals surface area contributed by atoms with Gasteiger partial charge in [-0.1, -0.05) is 156 Å². The average molecular weight is 1200 g/mol. The highest BCUT2D eigenvalue weighted by Crippen LogP contribution is 2.53. The highest BCUT2D eigenvalue weighted by molar-refractivity contribution is 7.48. The Morgan fingerprint density at radius 3 is 1.62 bits per heavy atom. The number of benzene rings is 3. The van der Waals surface area contributed by atoms with E-state index in [1.165, 1.54) is 21.9 Å². The number of rotatable bonds is 28. The van der Waals surface area contributed by atoms with E-state index in [4.69, 9.17) is 76.8 Å². The molecule has 1 fully saturated rings. The summed E-state index contributed by atoms with van der Waals surface area (Å²) in [5.74, 6) is -4.75. The number of fused-ring (bicyclic) bond motifs is 3. The normalized spacial score (nSPS) is 18.2. The van der Waals surface area contributed by atoms with E-state index in [0.717, 1.165) is 22.3 Å². The van der Waals surface area contributed by atoms with Crippen molar-refractivity contribution in [2.24, 2.45) is 0 Å².